The summed E-state index contributed by atoms with van der Waals surface area (Å²) in [5.41, 5.74) is 5.62. The van der Waals surface area contributed by atoms with Crippen LogP contribution in [0.3, 0.4) is 0 Å². The van der Waals surface area contributed by atoms with Crippen LogP contribution in [-0.4, -0.2) is 47.1 Å². The van der Waals surface area contributed by atoms with Crippen LogP contribution in [0.4, 0.5) is 0 Å². The molecule has 2 rings (SSSR count). The SMILES string of the molecule is CC(NS(=O)(=O)N1CCC(CN)CC1)c1nncn1C. The van der Waals surface area contributed by atoms with Crippen LogP contribution in [0.1, 0.15) is 31.6 Å². The Balaban J connectivity index is 1.99. The summed E-state index contributed by atoms with van der Waals surface area (Å²) in [5.74, 6) is 1.02. The van der Waals surface area contributed by atoms with Crippen molar-refractivity contribution < 1.29 is 8.42 Å². The van der Waals surface area contributed by atoms with Crippen LogP contribution in [0.15, 0.2) is 6.33 Å². The van der Waals surface area contributed by atoms with Crippen LogP contribution in [0, 0.1) is 5.92 Å². The zero-order valence-electron chi connectivity index (χ0n) is 11.9. The van der Waals surface area contributed by atoms with Crippen LogP contribution >= 0.6 is 0 Å². The van der Waals surface area contributed by atoms with Crippen LogP contribution < -0.4 is 10.5 Å². The molecule has 0 spiro atoms. The van der Waals surface area contributed by atoms with E-state index in [0.717, 1.165) is 12.8 Å². The minimum atomic E-state index is -3.50. The molecular weight excluding hydrogens is 280 g/mol. The maximum atomic E-state index is 12.3. The first-order valence-corrected chi connectivity index (χ1v) is 8.19. The monoisotopic (exact) mass is 302 g/mol. The topological polar surface area (TPSA) is 106 Å². The van der Waals surface area contributed by atoms with Crippen molar-refractivity contribution in [2.45, 2.75) is 25.8 Å². The van der Waals surface area contributed by atoms with Gasteiger partial charge < -0.3 is 10.3 Å². The van der Waals surface area contributed by atoms with E-state index in [-0.39, 0.29) is 0 Å². The van der Waals surface area contributed by atoms with Crippen molar-refractivity contribution in [3.8, 4) is 0 Å². The molecule has 1 aromatic rings. The van der Waals surface area contributed by atoms with Gasteiger partial charge in [0.1, 0.15) is 6.33 Å². The van der Waals surface area contributed by atoms with Gasteiger partial charge in [-0.2, -0.15) is 17.4 Å². The summed E-state index contributed by atoms with van der Waals surface area (Å²) in [4.78, 5) is 0. The Morgan fingerprint density at radius 2 is 2.15 bits per heavy atom. The predicted molar refractivity (Wildman–Crippen MR) is 74.8 cm³/mol. The molecule has 9 heteroatoms. The molecule has 1 aliphatic rings. The first-order chi connectivity index (χ1) is 9.44. The van der Waals surface area contributed by atoms with Gasteiger partial charge in [0, 0.05) is 20.1 Å². The summed E-state index contributed by atoms with van der Waals surface area (Å²) < 4.78 is 30.5. The van der Waals surface area contributed by atoms with Crippen molar-refractivity contribution in [1.29, 1.82) is 0 Å². The highest BCUT2D eigenvalue weighted by Gasteiger charge is 2.29. The number of piperidine rings is 1. The first kappa shape index (κ1) is 15.4. The Hall–Kier alpha value is -1.03. The van der Waals surface area contributed by atoms with E-state index < -0.39 is 16.3 Å². The third-order valence-corrected chi connectivity index (χ3v) is 5.40. The quantitative estimate of drug-likeness (QED) is 0.754. The summed E-state index contributed by atoms with van der Waals surface area (Å²) >= 11 is 0. The summed E-state index contributed by atoms with van der Waals surface area (Å²) in [6, 6.07) is -0.417. The molecule has 2 heterocycles. The maximum absolute atomic E-state index is 12.3. The van der Waals surface area contributed by atoms with Crippen LogP contribution in [0.5, 0.6) is 0 Å². The zero-order chi connectivity index (χ0) is 14.8. The van der Waals surface area contributed by atoms with Crippen molar-refractivity contribution in [2.24, 2.45) is 18.7 Å². The average molecular weight is 302 g/mol. The molecule has 1 aliphatic heterocycles. The molecule has 0 radical (unpaired) electrons. The minimum absolute atomic E-state index is 0.417. The van der Waals surface area contributed by atoms with Gasteiger partial charge in [0.05, 0.1) is 6.04 Å². The molecule has 1 atom stereocenters. The van der Waals surface area contributed by atoms with E-state index >= 15 is 0 Å². The number of rotatable bonds is 5. The Kier molecular flexibility index (Phi) is 4.74. The highest BCUT2D eigenvalue weighted by Crippen LogP contribution is 2.19. The van der Waals surface area contributed by atoms with Gasteiger partial charge in [0.2, 0.25) is 0 Å². The second-order valence-corrected chi connectivity index (χ2v) is 6.92. The minimum Gasteiger partial charge on any atom is -0.330 e. The number of hydrogen-bond donors (Lipinski definition) is 2. The Bertz CT molecular complexity index is 535. The van der Waals surface area contributed by atoms with E-state index in [9.17, 15) is 8.42 Å². The van der Waals surface area contributed by atoms with Crippen molar-refractivity contribution in [1.82, 2.24) is 23.8 Å². The van der Waals surface area contributed by atoms with E-state index in [1.54, 1.807) is 24.9 Å². The average Bonchev–Trinajstić information content (AvgIpc) is 2.84. The van der Waals surface area contributed by atoms with E-state index in [4.69, 9.17) is 5.73 Å². The van der Waals surface area contributed by atoms with Crippen molar-refractivity contribution in [3.63, 3.8) is 0 Å². The Morgan fingerprint density at radius 3 is 2.65 bits per heavy atom. The second kappa shape index (κ2) is 6.17. The molecule has 3 N–H and O–H groups in total. The lowest BCUT2D eigenvalue weighted by Crippen LogP contribution is -2.46. The fourth-order valence-corrected chi connectivity index (χ4v) is 3.81. The zero-order valence-corrected chi connectivity index (χ0v) is 12.7. The molecular formula is C11H22N6O2S. The lowest BCUT2D eigenvalue weighted by Gasteiger charge is -2.31. The maximum Gasteiger partial charge on any atom is 0.280 e. The Labute approximate surface area is 119 Å². The molecule has 1 unspecified atom stereocenters. The van der Waals surface area contributed by atoms with Gasteiger partial charge in [-0.15, -0.1) is 10.2 Å². The van der Waals surface area contributed by atoms with Gasteiger partial charge in [0.25, 0.3) is 10.2 Å². The number of nitrogens with two attached hydrogens (primary N) is 1. The Morgan fingerprint density at radius 1 is 1.50 bits per heavy atom. The summed E-state index contributed by atoms with van der Waals surface area (Å²) in [5, 5.41) is 7.68. The van der Waals surface area contributed by atoms with Gasteiger partial charge in [0.15, 0.2) is 5.82 Å². The van der Waals surface area contributed by atoms with Gasteiger partial charge in [-0.05, 0) is 32.2 Å². The van der Waals surface area contributed by atoms with Crippen molar-refractivity contribution >= 4 is 10.2 Å². The molecule has 0 amide bonds. The number of aryl methyl sites for hydroxylation is 1. The number of aromatic nitrogens is 3. The molecule has 0 bridgehead atoms. The fraction of sp³-hybridized carbons (Fsp3) is 0.818. The molecule has 20 heavy (non-hydrogen) atoms. The van der Waals surface area contributed by atoms with Crippen LogP contribution in [-0.2, 0) is 17.3 Å². The molecule has 1 saturated heterocycles. The molecule has 1 fully saturated rings. The van der Waals surface area contributed by atoms with E-state index in [1.165, 1.54) is 4.31 Å². The van der Waals surface area contributed by atoms with E-state index in [0.29, 0.717) is 31.4 Å². The third-order valence-electron chi connectivity index (χ3n) is 3.71. The number of hydrogen-bond acceptors (Lipinski definition) is 5. The standard InChI is InChI=1S/C11H22N6O2S/c1-9(11-14-13-8-16(11)2)15-20(18,19)17-5-3-10(7-12)4-6-17/h8-10,15H,3-7,12H2,1-2H3. The number of nitrogens with one attached hydrogen (secondary N) is 1. The predicted octanol–water partition coefficient (Wildman–Crippen LogP) is -0.619. The normalized spacial score (nSPS) is 20.1. The van der Waals surface area contributed by atoms with Gasteiger partial charge in [-0.1, -0.05) is 0 Å². The van der Waals surface area contributed by atoms with Crippen molar-refractivity contribution in [3.05, 3.63) is 12.2 Å². The highest BCUT2D eigenvalue weighted by atomic mass is 32.2. The van der Waals surface area contributed by atoms with Gasteiger partial charge >= 0.3 is 0 Å². The van der Waals surface area contributed by atoms with E-state index in [2.05, 4.69) is 14.9 Å². The van der Waals surface area contributed by atoms with Crippen LogP contribution in [0.25, 0.3) is 0 Å². The number of nitrogens with zero attached hydrogens (tertiary/aromatic N) is 4. The fourth-order valence-electron chi connectivity index (χ4n) is 2.42. The van der Waals surface area contributed by atoms with Gasteiger partial charge in [-0.3, -0.25) is 0 Å². The summed E-state index contributed by atoms with van der Waals surface area (Å²) in [6.07, 6.45) is 3.18. The third kappa shape index (κ3) is 3.35. The lowest BCUT2D eigenvalue weighted by atomic mass is 9.99. The molecule has 114 valence electrons. The molecule has 8 nitrogen and oxygen atoms in total. The van der Waals surface area contributed by atoms with Gasteiger partial charge in [-0.25, -0.2) is 0 Å². The highest BCUT2D eigenvalue weighted by molar-refractivity contribution is 7.87. The molecule has 0 aromatic carbocycles. The summed E-state index contributed by atoms with van der Waals surface area (Å²) in [6.45, 7) is 3.41. The first-order valence-electron chi connectivity index (χ1n) is 6.75. The molecule has 1 aromatic heterocycles. The second-order valence-electron chi connectivity index (χ2n) is 5.22. The molecule has 0 aliphatic carbocycles. The van der Waals surface area contributed by atoms with Crippen LogP contribution in [0.2, 0.25) is 0 Å². The lowest BCUT2D eigenvalue weighted by molar-refractivity contribution is 0.274. The summed E-state index contributed by atoms with van der Waals surface area (Å²) in [7, 11) is -1.71. The molecule has 0 saturated carbocycles. The van der Waals surface area contributed by atoms with E-state index in [1.807, 2.05) is 0 Å². The largest absolute Gasteiger partial charge is 0.330 e. The van der Waals surface area contributed by atoms with Crippen molar-refractivity contribution in [2.75, 3.05) is 19.6 Å². The smallest absolute Gasteiger partial charge is 0.280 e.